The van der Waals surface area contributed by atoms with Gasteiger partial charge in [0.15, 0.2) is 5.75 Å². The summed E-state index contributed by atoms with van der Waals surface area (Å²) in [7, 11) is 1.61. The van der Waals surface area contributed by atoms with Gasteiger partial charge in [0.1, 0.15) is 5.56 Å². The van der Waals surface area contributed by atoms with Crippen LogP contribution in [0.3, 0.4) is 0 Å². The molecule has 0 unspecified atom stereocenters. The summed E-state index contributed by atoms with van der Waals surface area (Å²) in [5.41, 5.74) is 0.798. The molecule has 5 nitrogen and oxygen atoms in total. The molecule has 0 aliphatic rings. The van der Waals surface area contributed by atoms with E-state index in [4.69, 9.17) is 9.47 Å². The standard InChI is InChI=1S/C14H15NO4/c1-18-7-4-8-19-12-9-15-11-6-3-2-5-10(11)13(12)14(16)17/h2-3,5-6,9H,4,7-8H2,1H3,(H,16,17). The zero-order valence-electron chi connectivity index (χ0n) is 10.6. The van der Waals surface area contributed by atoms with Gasteiger partial charge in [0.2, 0.25) is 0 Å². The summed E-state index contributed by atoms with van der Waals surface area (Å²) in [4.78, 5) is 15.6. The lowest BCUT2D eigenvalue weighted by Crippen LogP contribution is -2.07. The second-order valence-electron chi connectivity index (χ2n) is 4.01. The number of carboxylic acids is 1. The van der Waals surface area contributed by atoms with Crippen LogP contribution in [0.5, 0.6) is 5.75 Å². The molecule has 0 spiro atoms. The second kappa shape index (κ2) is 6.15. The Bertz CT molecular complexity index is 583. The maximum atomic E-state index is 11.4. The van der Waals surface area contributed by atoms with Gasteiger partial charge in [-0.15, -0.1) is 0 Å². The molecule has 0 atom stereocenters. The van der Waals surface area contributed by atoms with Gasteiger partial charge in [0, 0.05) is 25.5 Å². The summed E-state index contributed by atoms with van der Waals surface area (Å²) >= 11 is 0. The van der Waals surface area contributed by atoms with E-state index in [1.54, 1.807) is 25.3 Å². The lowest BCUT2D eigenvalue weighted by atomic mass is 10.1. The summed E-state index contributed by atoms with van der Waals surface area (Å²) in [5, 5.41) is 9.92. The average molecular weight is 261 g/mol. The zero-order valence-corrected chi connectivity index (χ0v) is 10.6. The average Bonchev–Trinajstić information content (AvgIpc) is 2.42. The van der Waals surface area contributed by atoms with Crippen molar-refractivity contribution in [3.63, 3.8) is 0 Å². The van der Waals surface area contributed by atoms with Crippen LogP contribution in [0.15, 0.2) is 30.5 Å². The molecule has 1 N–H and O–H groups in total. The van der Waals surface area contributed by atoms with Gasteiger partial charge in [-0.1, -0.05) is 18.2 Å². The minimum Gasteiger partial charge on any atom is -0.491 e. The van der Waals surface area contributed by atoms with Gasteiger partial charge >= 0.3 is 5.97 Å². The molecule has 1 aromatic carbocycles. The van der Waals surface area contributed by atoms with Crippen molar-refractivity contribution in [3.8, 4) is 5.75 Å². The molecule has 0 fully saturated rings. The summed E-state index contributed by atoms with van der Waals surface area (Å²) < 4.78 is 10.4. The fraction of sp³-hybridized carbons (Fsp3) is 0.286. The molecular weight excluding hydrogens is 246 g/mol. The smallest absolute Gasteiger partial charge is 0.340 e. The Morgan fingerprint density at radius 1 is 1.32 bits per heavy atom. The number of methoxy groups -OCH3 is 1. The monoisotopic (exact) mass is 261 g/mol. The van der Waals surface area contributed by atoms with Gasteiger partial charge in [-0.2, -0.15) is 0 Å². The molecule has 1 heterocycles. The van der Waals surface area contributed by atoms with E-state index in [0.717, 1.165) is 0 Å². The van der Waals surface area contributed by atoms with Crippen molar-refractivity contribution in [3.05, 3.63) is 36.0 Å². The van der Waals surface area contributed by atoms with Crippen LogP contribution in [0.2, 0.25) is 0 Å². The number of nitrogens with zero attached hydrogens (tertiary/aromatic N) is 1. The molecule has 19 heavy (non-hydrogen) atoms. The van der Waals surface area contributed by atoms with Gasteiger partial charge < -0.3 is 14.6 Å². The highest BCUT2D eigenvalue weighted by molar-refractivity contribution is 6.04. The predicted octanol–water partition coefficient (Wildman–Crippen LogP) is 2.35. The first-order chi connectivity index (χ1) is 9.24. The van der Waals surface area contributed by atoms with Crippen molar-refractivity contribution in [1.82, 2.24) is 4.98 Å². The first-order valence-electron chi connectivity index (χ1n) is 5.97. The Morgan fingerprint density at radius 2 is 2.11 bits per heavy atom. The number of ether oxygens (including phenoxy) is 2. The molecule has 0 radical (unpaired) electrons. The van der Waals surface area contributed by atoms with Crippen LogP contribution in [-0.4, -0.2) is 36.4 Å². The molecule has 1 aromatic heterocycles. The number of carboxylic acid groups (broad SMARTS) is 1. The van der Waals surface area contributed by atoms with Gasteiger partial charge in [-0.3, -0.25) is 4.98 Å². The van der Waals surface area contributed by atoms with E-state index in [1.807, 2.05) is 6.07 Å². The molecule has 0 bridgehead atoms. The Morgan fingerprint density at radius 3 is 2.84 bits per heavy atom. The predicted molar refractivity (Wildman–Crippen MR) is 70.7 cm³/mol. The number of hydrogen-bond acceptors (Lipinski definition) is 4. The first kappa shape index (κ1) is 13.3. The summed E-state index contributed by atoms with van der Waals surface area (Å²) in [6.07, 6.45) is 2.15. The third-order valence-corrected chi connectivity index (χ3v) is 2.70. The van der Waals surface area contributed by atoms with E-state index >= 15 is 0 Å². The lowest BCUT2D eigenvalue weighted by molar-refractivity contribution is 0.0694. The Kier molecular flexibility index (Phi) is 4.30. The Labute approximate surface area is 110 Å². The number of benzene rings is 1. The van der Waals surface area contributed by atoms with Gasteiger partial charge in [0.05, 0.1) is 18.3 Å². The topological polar surface area (TPSA) is 68.7 Å². The van der Waals surface area contributed by atoms with E-state index in [9.17, 15) is 9.90 Å². The third-order valence-electron chi connectivity index (χ3n) is 2.70. The quantitative estimate of drug-likeness (QED) is 0.808. The molecule has 0 saturated carbocycles. The molecule has 0 aliphatic heterocycles. The number of carbonyl (C=O) groups is 1. The van der Waals surface area contributed by atoms with Crippen LogP contribution >= 0.6 is 0 Å². The fourth-order valence-electron chi connectivity index (χ4n) is 1.84. The summed E-state index contributed by atoms with van der Waals surface area (Å²) in [5.74, 6) is -0.720. The van der Waals surface area contributed by atoms with Crippen LogP contribution in [0.1, 0.15) is 16.8 Å². The number of rotatable bonds is 6. The zero-order chi connectivity index (χ0) is 13.7. The first-order valence-corrected chi connectivity index (χ1v) is 5.97. The van der Waals surface area contributed by atoms with E-state index in [0.29, 0.717) is 36.3 Å². The van der Waals surface area contributed by atoms with Crippen molar-refractivity contribution in [2.45, 2.75) is 6.42 Å². The number of pyridine rings is 1. The Balaban J connectivity index is 2.32. The number of fused-ring (bicyclic) bond motifs is 1. The summed E-state index contributed by atoms with van der Waals surface area (Å²) in [6, 6.07) is 7.11. The van der Waals surface area contributed by atoms with Crippen LogP contribution in [0, 0.1) is 0 Å². The molecule has 0 saturated heterocycles. The highest BCUT2D eigenvalue weighted by Crippen LogP contribution is 2.26. The van der Waals surface area contributed by atoms with Crippen LogP contribution in [0.25, 0.3) is 10.9 Å². The van der Waals surface area contributed by atoms with Gasteiger partial charge in [0.25, 0.3) is 0 Å². The lowest BCUT2D eigenvalue weighted by Gasteiger charge is -2.10. The number of aromatic nitrogens is 1. The van der Waals surface area contributed by atoms with Gasteiger partial charge in [-0.05, 0) is 6.07 Å². The van der Waals surface area contributed by atoms with Crippen molar-refractivity contribution >= 4 is 16.9 Å². The molecule has 100 valence electrons. The van der Waals surface area contributed by atoms with Crippen LogP contribution < -0.4 is 4.74 Å². The maximum Gasteiger partial charge on any atom is 0.340 e. The molecule has 5 heteroatoms. The normalized spacial score (nSPS) is 10.6. The largest absolute Gasteiger partial charge is 0.491 e. The SMILES string of the molecule is COCCCOc1cnc2ccccc2c1C(=O)O. The number of hydrogen-bond donors (Lipinski definition) is 1. The summed E-state index contributed by atoms with van der Waals surface area (Å²) in [6.45, 7) is 0.970. The molecule has 2 rings (SSSR count). The molecule has 0 amide bonds. The Hall–Kier alpha value is -2.14. The van der Waals surface area contributed by atoms with Crippen molar-refractivity contribution in [2.24, 2.45) is 0 Å². The molecule has 2 aromatic rings. The minimum absolute atomic E-state index is 0.156. The highest BCUT2D eigenvalue weighted by atomic mass is 16.5. The van der Waals surface area contributed by atoms with Crippen molar-refractivity contribution in [2.75, 3.05) is 20.3 Å². The molecule has 0 aliphatic carbocycles. The van der Waals surface area contributed by atoms with E-state index in [-0.39, 0.29) is 5.56 Å². The van der Waals surface area contributed by atoms with E-state index in [2.05, 4.69) is 4.98 Å². The second-order valence-corrected chi connectivity index (χ2v) is 4.01. The van der Waals surface area contributed by atoms with Gasteiger partial charge in [-0.25, -0.2) is 4.79 Å². The number of para-hydroxylation sites is 1. The molecular formula is C14H15NO4. The van der Waals surface area contributed by atoms with Crippen LogP contribution in [-0.2, 0) is 4.74 Å². The fourth-order valence-corrected chi connectivity index (χ4v) is 1.84. The number of aromatic carboxylic acids is 1. The van der Waals surface area contributed by atoms with Crippen molar-refractivity contribution < 1.29 is 19.4 Å². The third kappa shape index (κ3) is 3.00. The van der Waals surface area contributed by atoms with Crippen LogP contribution in [0.4, 0.5) is 0 Å². The van der Waals surface area contributed by atoms with E-state index in [1.165, 1.54) is 6.20 Å². The minimum atomic E-state index is -1.01. The highest BCUT2D eigenvalue weighted by Gasteiger charge is 2.16. The van der Waals surface area contributed by atoms with Crippen molar-refractivity contribution in [1.29, 1.82) is 0 Å². The van der Waals surface area contributed by atoms with E-state index < -0.39 is 5.97 Å². The maximum absolute atomic E-state index is 11.4.